The van der Waals surface area contributed by atoms with E-state index in [2.05, 4.69) is 151 Å². The van der Waals surface area contributed by atoms with Gasteiger partial charge in [0.1, 0.15) is 11.7 Å². The van der Waals surface area contributed by atoms with Crippen molar-refractivity contribution in [2.24, 2.45) is 0 Å². The van der Waals surface area contributed by atoms with E-state index in [0.717, 1.165) is 0 Å². The number of epoxide rings is 1. The van der Waals surface area contributed by atoms with Crippen LogP contribution in [0.15, 0.2) is 121 Å². The Morgan fingerprint density at radius 2 is 1.00 bits per heavy atom. The molecule has 0 unspecified atom stereocenters. The van der Waals surface area contributed by atoms with Crippen LogP contribution in [0.2, 0.25) is 10.1 Å². The van der Waals surface area contributed by atoms with Gasteiger partial charge in [-0.25, -0.2) is 0 Å². The van der Waals surface area contributed by atoms with Gasteiger partial charge in [0.15, 0.2) is 0 Å². The van der Waals surface area contributed by atoms with Gasteiger partial charge in [-0.1, -0.05) is 163 Å². The van der Waals surface area contributed by atoms with Crippen LogP contribution in [0.5, 0.6) is 0 Å². The molecule has 5 nitrogen and oxygen atoms in total. The lowest BCUT2D eigenvalue weighted by Crippen LogP contribution is -2.68. The van der Waals surface area contributed by atoms with Crippen molar-refractivity contribution >= 4 is 43.4 Å². The summed E-state index contributed by atoms with van der Waals surface area (Å²) < 4.78 is 27.1. The molecule has 4 aromatic carbocycles. The molecule has 0 aliphatic carbocycles. The Morgan fingerprint density at radius 3 is 1.36 bits per heavy atom. The maximum absolute atomic E-state index is 13.5. The predicted octanol–water partition coefficient (Wildman–Crippen LogP) is 7.40. The summed E-state index contributed by atoms with van der Waals surface area (Å²) in [4.78, 5) is 13.5. The van der Waals surface area contributed by atoms with Crippen LogP contribution >= 0.6 is 0 Å². The van der Waals surface area contributed by atoms with Crippen molar-refractivity contribution in [2.75, 3.05) is 6.61 Å². The highest BCUT2D eigenvalue weighted by Crippen LogP contribution is 2.42. The van der Waals surface area contributed by atoms with Crippen molar-refractivity contribution in [1.29, 1.82) is 0 Å². The average molecular weight is 709 g/mol. The third-order valence-corrected chi connectivity index (χ3v) is 19.8. The lowest BCUT2D eigenvalue weighted by Gasteiger charge is -2.45. The summed E-state index contributed by atoms with van der Waals surface area (Å²) in [6.07, 6.45) is -0.0393. The highest BCUT2D eigenvalue weighted by Gasteiger charge is 2.56. The molecule has 266 valence electrons. The molecule has 0 bridgehead atoms. The number of carbonyl (C=O) groups excluding carboxylic acids is 1. The zero-order valence-electron chi connectivity index (χ0n) is 31.4. The first kappa shape index (κ1) is 37.9. The number of hydrogen-bond donors (Lipinski definition) is 0. The van der Waals surface area contributed by atoms with E-state index in [4.69, 9.17) is 18.3 Å². The van der Waals surface area contributed by atoms with E-state index in [1.165, 1.54) is 20.7 Å². The van der Waals surface area contributed by atoms with E-state index in [-0.39, 0.29) is 34.7 Å². The molecule has 1 aliphatic rings. The van der Waals surface area contributed by atoms with Crippen molar-refractivity contribution < 1.29 is 23.1 Å². The van der Waals surface area contributed by atoms with Gasteiger partial charge in [-0.2, -0.15) is 0 Å². The van der Waals surface area contributed by atoms with Crippen molar-refractivity contribution in [2.45, 2.75) is 109 Å². The van der Waals surface area contributed by atoms with Crippen LogP contribution in [-0.4, -0.2) is 53.1 Å². The summed E-state index contributed by atoms with van der Waals surface area (Å²) >= 11 is 0. The van der Waals surface area contributed by atoms with Gasteiger partial charge in [0, 0.05) is 6.61 Å². The molecule has 7 heteroatoms. The Labute approximate surface area is 302 Å². The van der Waals surface area contributed by atoms with Gasteiger partial charge in [0.05, 0.1) is 18.6 Å². The lowest BCUT2D eigenvalue weighted by molar-refractivity contribution is -0.157. The standard InChI is InChI=1S/C43H56O5Si2/c1-41(2,3)47-39(44)32-38(48-50(43(7,8)9,35-26-18-12-19-27-35)36-28-20-13-21-29-36)40-37(46-40)30-31-45-49(42(4,5)6,33-22-14-10-15-23-33)34-24-16-11-17-25-34/h10-29,37-38,40H,30-32H2,1-9H3/t37-,38-,40+/m1/s1. The highest BCUT2D eigenvalue weighted by atomic mass is 28.4. The minimum absolute atomic E-state index is 0.0983. The van der Waals surface area contributed by atoms with Crippen LogP contribution in [-0.2, 0) is 23.1 Å². The van der Waals surface area contributed by atoms with Crippen LogP contribution in [0.1, 0.15) is 75.2 Å². The first-order valence-electron chi connectivity index (χ1n) is 18.0. The number of ether oxygens (including phenoxy) is 2. The molecule has 4 aromatic rings. The van der Waals surface area contributed by atoms with E-state index in [1.54, 1.807) is 0 Å². The number of esters is 1. The zero-order valence-corrected chi connectivity index (χ0v) is 33.4. The number of hydrogen-bond acceptors (Lipinski definition) is 5. The Bertz CT molecular complexity index is 1580. The Kier molecular flexibility index (Phi) is 11.4. The summed E-state index contributed by atoms with van der Waals surface area (Å²) in [5.41, 5.74) is -0.605. The summed E-state index contributed by atoms with van der Waals surface area (Å²) in [5.74, 6) is -0.279. The third-order valence-electron chi connectivity index (χ3n) is 9.66. The molecular formula is C43H56O5Si2. The van der Waals surface area contributed by atoms with Crippen LogP contribution in [0.25, 0.3) is 0 Å². The summed E-state index contributed by atoms with van der Waals surface area (Å²) in [5, 5.41) is 4.47. The first-order valence-corrected chi connectivity index (χ1v) is 21.8. The topological polar surface area (TPSA) is 57.3 Å². The van der Waals surface area contributed by atoms with Crippen molar-refractivity contribution in [3.8, 4) is 0 Å². The molecule has 1 aliphatic heterocycles. The Morgan fingerprint density at radius 1 is 0.620 bits per heavy atom. The van der Waals surface area contributed by atoms with Gasteiger partial charge in [-0.15, -0.1) is 0 Å². The fourth-order valence-electron chi connectivity index (χ4n) is 7.50. The second-order valence-corrected chi connectivity index (χ2v) is 25.1. The lowest BCUT2D eigenvalue weighted by atomic mass is 10.1. The normalized spacial score (nSPS) is 17.6. The average Bonchev–Trinajstić information content (AvgIpc) is 3.84. The molecule has 50 heavy (non-hydrogen) atoms. The minimum Gasteiger partial charge on any atom is -0.460 e. The minimum atomic E-state index is -2.98. The number of carbonyl (C=O) groups is 1. The van der Waals surface area contributed by atoms with Gasteiger partial charge in [-0.05, 0) is 58.0 Å². The SMILES string of the molecule is CC(C)(C)OC(=O)C[C@@H](O[Si](c1ccccc1)(c1ccccc1)C(C)(C)C)[C@H]1O[C@@H]1CCO[Si](c1ccccc1)(c1ccccc1)C(C)(C)C. The molecule has 3 atom stereocenters. The van der Waals surface area contributed by atoms with E-state index in [9.17, 15) is 4.79 Å². The van der Waals surface area contributed by atoms with E-state index >= 15 is 0 Å². The molecule has 0 saturated carbocycles. The summed E-state index contributed by atoms with van der Waals surface area (Å²) in [6.45, 7) is 19.9. The van der Waals surface area contributed by atoms with Crippen molar-refractivity contribution in [3.63, 3.8) is 0 Å². The second-order valence-electron chi connectivity index (χ2n) is 16.5. The molecule has 1 heterocycles. The van der Waals surface area contributed by atoms with Gasteiger partial charge in [0.2, 0.25) is 0 Å². The van der Waals surface area contributed by atoms with Crippen LogP contribution in [0, 0.1) is 0 Å². The van der Waals surface area contributed by atoms with Gasteiger partial charge < -0.3 is 18.3 Å². The van der Waals surface area contributed by atoms with E-state index in [0.29, 0.717) is 13.0 Å². The fraction of sp³-hybridized carbons (Fsp3) is 0.419. The van der Waals surface area contributed by atoms with Crippen molar-refractivity contribution in [1.82, 2.24) is 0 Å². The maximum atomic E-state index is 13.5. The molecule has 0 spiro atoms. The highest BCUT2D eigenvalue weighted by molar-refractivity contribution is 7.00. The number of benzene rings is 4. The fourth-order valence-corrected chi connectivity index (χ4v) is 16.8. The smallest absolute Gasteiger partial charge is 0.308 e. The maximum Gasteiger partial charge on any atom is 0.308 e. The Balaban J connectivity index is 1.46. The van der Waals surface area contributed by atoms with Crippen molar-refractivity contribution in [3.05, 3.63) is 121 Å². The second kappa shape index (κ2) is 15.1. The van der Waals surface area contributed by atoms with E-state index < -0.39 is 28.3 Å². The molecule has 1 fully saturated rings. The van der Waals surface area contributed by atoms with Gasteiger partial charge in [0.25, 0.3) is 16.6 Å². The third kappa shape index (κ3) is 8.24. The Hall–Kier alpha value is -3.34. The van der Waals surface area contributed by atoms with Crippen LogP contribution in [0.4, 0.5) is 0 Å². The molecule has 0 radical (unpaired) electrons. The van der Waals surface area contributed by atoms with E-state index in [1.807, 2.05) is 32.9 Å². The monoisotopic (exact) mass is 708 g/mol. The zero-order chi connectivity index (χ0) is 36.2. The molecule has 0 amide bonds. The van der Waals surface area contributed by atoms with Gasteiger partial charge >= 0.3 is 5.97 Å². The number of rotatable bonds is 13. The summed E-state index contributed by atoms with van der Waals surface area (Å²) in [7, 11) is -5.67. The first-order chi connectivity index (χ1) is 23.6. The molecule has 1 saturated heterocycles. The quantitative estimate of drug-likeness (QED) is 0.0824. The molecular weight excluding hydrogens is 653 g/mol. The summed E-state index contributed by atoms with van der Waals surface area (Å²) in [6, 6.07) is 42.6. The molecule has 5 rings (SSSR count). The predicted molar refractivity (Wildman–Crippen MR) is 210 cm³/mol. The largest absolute Gasteiger partial charge is 0.460 e. The van der Waals surface area contributed by atoms with Crippen LogP contribution < -0.4 is 20.7 Å². The van der Waals surface area contributed by atoms with Crippen LogP contribution in [0.3, 0.4) is 0 Å². The van der Waals surface area contributed by atoms with Gasteiger partial charge in [-0.3, -0.25) is 4.79 Å². The molecule has 0 aromatic heterocycles. The molecule has 0 N–H and O–H groups in total.